The SMILES string of the molecule is O=C(Cc1ccccc1Cl)NCc1cc(C(=O)O)ccn1. The molecule has 0 radical (unpaired) electrons. The number of carbonyl (C=O) groups is 2. The number of pyridine rings is 1. The van der Waals surface area contributed by atoms with Crippen LogP contribution in [0.4, 0.5) is 0 Å². The number of nitrogens with one attached hydrogen (secondary N) is 1. The Labute approximate surface area is 126 Å². The monoisotopic (exact) mass is 304 g/mol. The number of halogens is 1. The van der Waals surface area contributed by atoms with Crippen molar-refractivity contribution in [2.45, 2.75) is 13.0 Å². The summed E-state index contributed by atoms with van der Waals surface area (Å²) in [7, 11) is 0. The van der Waals surface area contributed by atoms with E-state index in [2.05, 4.69) is 10.3 Å². The fourth-order valence-electron chi connectivity index (χ4n) is 1.77. The molecule has 0 fully saturated rings. The number of amides is 1. The molecular weight excluding hydrogens is 292 g/mol. The first-order valence-corrected chi connectivity index (χ1v) is 6.62. The van der Waals surface area contributed by atoms with Crippen molar-refractivity contribution in [3.05, 3.63) is 64.4 Å². The van der Waals surface area contributed by atoms with E-state index in [4.69, 9.17) is 16.7 Å². The third-order valence-electron chi connectivity index (χ3n) is 2.84. The lowest BCUT2D eigenvalue weighted by atomic mass is 10.1. The quantitative estimate of drug-likeness (QED) is 0.888. The van der Waals surface area contributed by atoms with E-state index in [1.54, 1.807) is 18.2 Å². The number of carboxylic acid groups (broad SMARTS) is 1. The van der Waals surface area contributed by atoms with Crippen LogP contribution in [0.2, 0.25) is 5.02 Å². The van der Waals surface area contributed by atoms with Crippen LogP contribution in [0.5, 0.6) is 0 Å². The summed E-state index contributed by atoms with van der Waals surface area (Å²) in [5.74, 6) is -1.23. The molecule has 1 aromatic heterocycles. The van der Waals surface area contributed by atoms with E-state index in [9.17, 15) is 9.59 Å². The summed E-state index contributed by atoms with van der Waals surface area (Å²) in [4.78, 5) is 26.7. The Hall–Kier alpha value is -2.40. The van der Waals surface area contributed by atoms with Gasteiger partial charge >= 0.3 is 5.97 Å². The lowest BCUT2D eigenvalue weighted by Gasteiger charge is -2.06. The Morgan fingerprint density at radius 2 is 2.00 bits per heavy atom. The van der Waals surface area contributed by atoms with Gasteiger partial charge in [-0.1, -0.05) is 29.8 Å². The van der Waals surface area contributed by atoms with E-state index in [-0.39, 0.29) is 24.4 Å². The van der Waals surface area contributed by atoms with Gasteiger partial charge in [0.05, 0.1) is 24.2 Å². The maximum Gasteiger partial charge on any atom is 0.335 e. The predicted molar refractivity (Wildman–Crippen MR) is 78.2 cm³/mol. The minimum absolute atomic E-state index is 0.139. The first-order chi connectivity index (χ1) is 10.1. The van der Waals surface area contributed by atoms with Crippen LogP contribution < -0.4 is 5.32 Å². The lowest BCUT2D eigenvalue weighted by molar-refractivity contribution is -0.120. The van der Waals surface area contributed by atoms with E-state index in [1.807, 2.05) is 6.07 Å². The highest BCUT2D eigenvalue weighted by Crippen LogP contribution is 2.15. The van der Waals surface area contributed by atoms with E-state index < -0.39 is 5.97 Å². The second-order valence-corrected chi connectivity index (χ2v) is 4.79. The normalized spacial score (nSPS) is 10.1. The molecule has 0 atom stereocenters. The fourth-order valence-corrected chi connectivity index (χ4v) is 1.98. The van der Waals surface area contributed by atoms with Crippen LogP contribution in [0.25, 0.3) is 0 Å². The van der Waals surface area contributed by atoms with Gasteiger partial charge in [-0.3, -0.25) is 9.78 Å². The summed E-state index contributed by atoms with van der Waals surface area (Å²) in [6.07, 6.45) is 1.57. The summed E-state index contributed by atoms with van der Waals surface area (Å²) < 4.78 is 0. The Kier molecular flexibility index (Phi) is 4.90. The van der Waals surface area contributed by atoms with Gasteiger partial charge in [0.15, 0.2) is 0 Å². The van der Waals surface area contributed by atoms with Gasteiger partial charge in [-0.25, -0.2) is 4.79 Å². The maximum absolute atomic E-state index is 11.8. The van der Waals surface area contributed by atoms with Crippen molar-refractivity contribution < 1.29 is 14.7 Å². The van der Waals surface area contributed by atoms with Crippen molar-refractivity contribution in [1.29, 1.82) is 0 Å². The number of carboxylic acids is 1. The van der Waals surface area contributed by atoms with Crippen LogP contribution in [0.15, 0.2) is 42.6 Å². The highest BCUT2D eigenvalue weighted by Gasteiger charge is 2.08. The van der Waals surface area contributed by atoms with E-state index >= 15 is 0 Å². The molecule has 2 aromatic rings. The molecule has 6 heteroatoms. The standard InChI is InChI=1S/C15H13ClN2O3/c16-13-4-2-1-3-10(13)8-14(19)18-9-12-7-11(15(20)21)5-6-17-12/h1-7H,8-9H2,(H,18,19)(H,20,21). The number of hydrogen-bond acceptors (Lipinski definition) is 3. The van der Waals surface area contributed by atoms with E-state index in [0.29, 0.717) is 10.7 Å². The van der Waals surface area contributed by atoms with Gasteiger partial charge in [0.25, 0.3) is 0 Å². The van der Waals surface area contributed by atoms with Crippen molar-refractivity contribution in [1.82, 2.24) is 10.3 Å². The van der Waals surface area contributed by atoms with Gasteiger partial charge in [-0.15, -0.1) is 0 Å². The molecule has 0 aliphatic carbocycles. The van der Waals surface area contributed by atoms with Crippen LogP contribution >= 0.6 is 11.6 Å². The zero-order chi connectivity index (χ0) is 15.2. The van der Waals surface area contributed by atoms with Crippen LogP contribution in [0, 0.1) is 0 Å². The summed E-state index contributed by atoms with van der Waals surface area (Å²) in [5, 5.41) is 12.1. The second kappa shape index (κ2) is 6.85. The number of rotatable bonds is 5. The Morgan fingerprint density at radius 3 is 2.71 bits per heavy atom. The molecular formula is C15H13ClN2O3. The number of hydrogen-bond donors (Lipinski definition) is 2. The van der Waals surface area contributed by atoms with Crippen molar-refractivity contribution in [3.8, 4) is 0 Å². The van der Waals surface area contributed by atoms with Gasteiger partial charge in [0.1, 0.15) is 0 Å². The Balaban J connectivity index is 1.94. The van der Waals surface area contributed by atoms with Gasteiger partial charge in [-0.2, -0.15) is 0 Å². The van der Waals surface area contributed by atoms with E-state index in [0.717, 1.165) is 5.56 Å². The van der Waals surface area contributed by atoms with Gasteiger partial charge in [-0.05, 0) is 23.8 Å². The second-order valence-electron chi connectivity index (χ2n) is 4.39. The number of nitrogens with zero attached hydrogens (tertiary/aromatic N) is 1. The highest BCUT2D eigenvalue weighted by molar-refractivity contribution is 6.31. The minimum atomic E-state index is -1.03. The number of carbonyl (C=O) groups excluding carboxylic acids is 1. The topological polar surface area (TPSA) is 79.3 Å². The summed E-state index contributed by atoms with van der Waals surface area (Å²) in [6.45, 7) is 0.171. The lowest BCUT2D eigenvalue weighted by Crippen LogP contribution is -2.25. The molecule has 1 amide bonds. The Morgan fingerprint density at radius 1 is 1.24 bits per heavy atom. The van der Waals surface area contributed by atoms with Crippen LogP contribution in [-0.2, 0) is 17.8 Å². The van der Waals surface area contributed by atoms with Crippen LogP contribution in [0.1, 0.15) is 21.6 Å². The smallest absolute Gasteiger partial charge is 0.335 e. The molecule has 0 saturated carbocycles. The van der Waals surface area contributed by atoms with Crippen molar-refractivity contribution in [3.63, 3.8) is 0 Å². The first-order valence-electron chi connectivity index (χ1n) is 6.24. The molecule has 2 N–H and O–H groups in total. The molecule has 0 saturated heterocycles. The van der Waals surface area contributed by atoms with Gasteiger partial charge < -0.3 is 10.4 Å². The molecule has 0 aliphatic heterocycles. The molecule has 5 nitrogen and oxygen atoms in total. The molecule has 2 rings (SSSR count). The van der Waals surface area contributed by atoms with Gasteiger partial charge in [0, 0.05) is 11.2 Å². The van der Waals surface area contributed by atoms with Crippen molar-refractivity contribution >= 4 is 23.5 Å². The molecule has 0 bridgehead atoms. The third kappa shape index (κ3) is 4.29. The van der Waals surface area contributed by atoms with Gasteiger partial charge in [0.2, 0.25) is 5.91 Å². The zero-order valence-electron chi connectivity index (χ0n) is 11.0. The number of aromatic carboxylic acids is 1. The third-order valence-corrected chi connectivity index (χ3v) is 3.21. The molecule has 0 spiro atoms. The van der Waals surface area contributed by atoms with Crippen molar-refractivity contribution in [2.24, 2.45) is 0 Å². The summed E-state index contributed by atoms with van der Waals surface area (Å²) in [6, 6.07) is 9.94. The fraction of sp³-hybridized carbons (Fsp3) is 0.133. The molecule has 1 aromatic carbocycles. The predicted octanol–water partition coefficient (Wildman–Crippen LogP) is 2.29. The minimum Gasteiger partial charge on any atom is -0.478 e. The largest absolute Gasteiger partial charge is 0.478 e. The number of aromatic nitrogens is 1. The molecule has 0 aliphatic rings. The molecule has 1 heterocycles. The molecule has 21 heavy (non-hydrogen) atoms. The molecule has 0 unspecified atom stereocenters. The summed E-state index contributed by atoms with van der Waals surface area (Å²) in [5.41, 5.74) is 1.37. The molecule has 108 valence electrons. The first kappa shape index (κ1) is 15.0. The van der Waals surface area contributed by atoms with E-state index in [1.165, 1.54) is 18.3 Å². The zero-order valence-corrected chi connectivity index (χ0v) is 11.8. The Bertz CT molecular complexity index is 673. The van der Waals surface area contributed by atoms with Crippen LogP contribution in [-0.4, -0.2) is 22.0 Å². The average molecular weight is 305 g/mol. The van der Waals surface area contributed by atoms with Crippen molar-refractivity contribution in [2.75, 3.05) is 0 Å². The highest BCUT2D eigenvalue weighted by atomic mass is 35.5. The average Bonchev–Trinajstić information content (AvgIpc) is 2.48. The van der Waals surface area contributed by atoms with Crippen LogP contribution in [0.3, 0.4) is 0 Å². The number of benzene rings is 1. The summed E-state index contributed by atoms with van der Waals surface area (Å²) >= 11 is 5.98. The maximum atomic E-state index is 11.8.